The van der Waals surface area contributed by atoms with Gasteiger partial charge in [0.2, 0.25) is 5.91 Å². The van der Waals surface area contributed by atoms with Crippen molar-refractivity contribution in [2.75, 3.05) is 0 Å². The molecule has 2 heterocycles. The lowest BCUT2D eigenvalue weighted by Crippen LogP contribution is -2.42. The number of aromatic nitrogens is 2. The molecule has 8 heteroatoms. The van der Waals surface area contributed by atoms with Crippen LogP contribution in [0.2, 0.25) is 0 Å². The van der Waals surface area contributed by atoms with Gasteiger partial charge in [0.1, 0.15) is 5.01 Å². The molecule has 1 amide bonds. The lowest BCUT2D eigenvalue weighted by molar-refractivity contribution is -0.123. The van der Waals surface area contributed by atoms with Gasteiger partial charge in [0.25, 0.3) is 0 Å². The molecule has 0 aliphatic carbocycles. The average Bonchev–Trinajstić information content (AvgIpc) is 3.14. The fraction of sp³-hybridized carbons (Fsp3) is 0.294. The molecule has 0 bridgehead atoms. The summed E-state index contributed by atoms with van der Waals surface area (Å²) in [5, 5.41) is 4.95. The Morgan fingerprint density at radius 2 is 2.08 bits per heavy atom. The molecule has 1 unspecified atom stereocenters. The van der Waals surface area contributed by atoms with Crippen molar-refractivity contribution < 1.29 is 4.79 Å². The van der Waals surface area contributed by atoms with E-state index in [0.717, 1.165) is 26.4 Å². The molecule has 3 rings (SSSR count). The van der Waals surface area contributed by atoms with E-state index in [-0.39, 0.29) is 36.8 Å². The number of carbonyl (C=O) groups is 1. The van der Waals surface area contributed by atoms with Crippen LogP contribution >= 0.6 is 36.2 Å². The van der Waals surface area contributed by atoms with E-state index in [2.05, 4.69) is 15.3 Å². The molecule has 2 aromatic heterocycles. The number of carbonyl (C=O) groups excluding carboxylic acids is 1. The number of hydrogen-bond acceptors (Lipinski definition) is 4. The molecule has 0 aliphatic rings. The largest absolute Gasteiger partial charge is 0.361 e. The summed E-state index contributed by atoms with van der Waals surface area (Å²) in [6, 6.07) is 7.29. The Morgan fingerprint density at radius 3 is 2.76 bits per heavy atom. The third kappa shape index (κ3) is 4.95. The third-order valence-corrected chi connectivity index (χ3v) is 4.92. The third-order valence-electron chi connectivity index (χ3n) is 3.82. The van der Waals surface area contributed by atoms with Gasteiger partial charge < -0.3 is 16.0 Å². The van der Waals surface area contributed by atoms with Gasteiger partial charge in [-0.15, -0.1) is 36.2 Å². The highest BCUT2D eigenvalue weighted by atomic mass is 35.5. The number of fused-ring (bicyclic) bond motifs is 1. The Hall–Kier alpha value is -1.60. The zero-order chi connectivity index (χ0) is 16.4. The SMILES string of the molecule is Cc1cnc(C(C)NC(=O)[C@@H](N)Cc2c[nH]c3ccccc23)s1.Cl.Cl. The summed E-state index contributed by atoms with van der Waals surface area (Å²) in [7, 11) is 0. The Morgan fingerprint density at radius 1 is 1.36 bits per heavy atom. The first-order chi connectivity index (χ1) is 11.0. The number of halogens is 2. The second-order valence-corrected chi connectivity index (χ2v) is 6.98. The maximum Gasteiger partial charge on any atom is 0.237 e. The van der Waals surface area contributed by atoms with Crippen LogP contribution in [-0.4, -0.2) is 21.9 Å². The molecule has 1 aromatic carbocycles. The quantitative estimate of drug-likeness (QED) is 0.612. The molecule has 0 fully saturated rings. The minimum absolute atomic E-state index is 0. The molecule has 4 N–H and O–H groups in total. The first-order valence-electron chi connectivity index (χ1n) is 7.58. The molecular weight excluding hydrogens is 379 g/mol. The monoisotopic (exact) mass is 400 g/mol. The van der Waals surface area contributed by atoms with Gasteiger partial charge in [0, 0.05) is 28.2 Å². The number of nitrogens with zero attached hydrogens (tertiary/aromatic N) is 1. The summed E-state index contributed by atoms with van der Waals surface area (Å²) in [5.41, 5.74) is 8.20. The number of H-pyrrole nitrogens is 1. The van der Waals surface area contributed by atoms with Gasteiger partial charge in [-0.25, -0.2) is 4.98 Å². The Balaban J connectivity index is 0.00000156. The summed E-state index contributed by atoms with van der Waals surface area (Å²) < 4.78 is 0. The molecule has 3 aromatic rings. The number of thiazole rings is 1. The van der Waals surface area contributed by atoms with Crippen molar-refractivity contribution in [1.29, 1.82) is 0 Å². The lowest BCUT2D eigenvalue weighted by Gasteiger charge is -2.15. The molecule has 136 valence electrons. The van der Waals surface area contributed by atoms with E-state index in [1.54, 1.807) is 11.3 Å². The standard InChI is InChI=1S/C17H20N4OS.2ClH/c1-10-8-20-17(23-10)11(2)21-16(22)14(18)7-12-9-19-15-6-4-3-5-13(12)15;;/h3-6,8-9,11,14,19H,7,18H2,1-2H3,(H,21,22);2*1H/t11?,14-;;/m0../s1. The minimum Gasteiger partial charge on any atom is -0.361 e. The van der Waals surface area contributed by atoms with Crippen LogP contribution in [0.25, 0.3) is 10.9 Å². The summed E-state index contributed by atoms with van der Waals surface area (Å²) in [6.07, 6.45) is 4.24. The summed E-state index contributed by atoms with van der Waals surface area (Å²) in [5.74, 6) is -0.157. The first-order valence-corrected chi connectivity index (χ1v) is 8.39. The smallest absolute Gasteiger partial charge is 0.237 e. The highest BCUT2D eigenvalue weighted by Gasteiger charge is 2.19. The van der Waals surface area contributed by atoms with Gasteiger partial charge in [0.05, 0.1) is 12.1 Å². The number of amides is 1. The molecule has 5 nitrogen and oxygen atoms in total. The van der Waals surface area contributed by atoms with Crippen molar-refractivity contribution in [1.82, 2.24) is 15.3 Å². The topological polar surface area (TPSA) is 83.8 Å². The second kappa shape index (κ2) is 9.20. The molecule has 0 saturated carbocycles. The fourth-order valence-corrected chi connectivity index (χ4v) is 3.36. The number of nitrogens with one attached hydrogen (secondary N) is 2. The van der Waals surface area contributed by atoms with E-state index in [4.69, 9.17) is 5.73 Å². The Bertz CT molecular complexity index is 833. The van der Waals surface area contributed by atoms with Crippen LogP contribution in [0.1, 0.15) is 28.4 Å². The summed E-state index contributed by atoms with van der Waals surface area (Å²) >= 11 is 1.59. The molecule has 2 atom stereocenters. The normalized spacial score (nSPS) is 12.8. The maximum atomic E-state index is 12.3. The zero-order valence-corrected chi connectivity index (χ0v) is 16.4. The van der Waals surface area contributed by atoms with E-state index >= 15 is 0 Å². The molecular formula is C17H22Cl2N4OS. The number of hydrogen-bond donors (Lipinski definition) is 3. The lowest BCUT2D eigenvalue weighted by atomic mass is 10.0. The van der Waals surface area contributed by atoms with Gasteiger partial charge in [-0.2, -0.15) is 0 Å². The van der Waals surface area contributed by atoms with Crippen LogP contribution in [0, 0.1) is 6.92 Å². The first kappa shape index (κ1) is 21.4. The van der Waals surface area contributed by atoms with E-state index in [9.17, 15) is 4.79 Å². The predicted octanol–water partition coefficient (Wildman–Crippen LogP) is 3.52. The van der Waals surface area contributed by atoms with Crippen molar-refractivity contribution in [3.63, 3.8) is 0 Å². The fourth-order valence-electron chi connectivity index (χ4n) is 2.58. The molecule has 0 aliphatic heterocycles. The van der Waals surface area contributed by atoms with Crippen molar-refractivity contribution in [3.05, 3.63) is 52.1 Å². The van der Waals surface area contributed by atoms with Gasteiger partial charge in [-0.3, -0.25) is 4.79 Å². The number of aromatic amines is 1. The van der Waals surface area contributed by atoms with Crippen LogP contribution < -0.4 is 11.1 Å². The zero-order valence-electron chi connectivity index (χ0n) is 14.0. The van der Waals surface area contributed by atoms with Crippen molar-refractivity contribution in [3.8, 4) is 0 Å². The number of rotatable bonds is 5. The van der Waals surface area contributed by atoms with Gasteiger partial charge >= 0.3 is 0 Å². The van der Waals surface area contributed by atoms with Crippen LogP contribution in [0.3, 0.4) is 0 Å². The van der Waals surface area contributed by atoms with E-state index in [1.807, 2.05) is 50.5 Å². The van der Waals surface area contributed by atoms with Crippen molar-refractivity contribution in [2.24, 2.45) is 5.73 Å². The number of nitrogens with two attached hydrogens (primary N) is 1. The van der Waals surface area contributed by atoms with Gasteiger partial charge in [-0.1, -0.05) is 18.2 Å². The number of aryl methyl sites for hydroxylation is 1. The van der Waals surface area contributed by atoms with Crippen molar-refractivity contribution >= 4 is 53.0 Å². The Kier molecular flexibility index (Phi) is 7.89. The van der Waals surface area contributed by atoms with E-state index < -0.39 is 6.04 Å². The van der Waals surface area contributed by atoms with Crippen LogP contribution in [0.15, 0.2) is 36.7 Å². The number of para-hydroxylation sites is 1. The Labute approximate surface area is 163 Å². The molecule has 0 spiro atoms. The molecule has 25 heavy (non-hydrogen) atoms. The van der Waals surface area contributed by atoms with E-state index in [1.165, 1.54) is 0 Å². The maximum absolute atomic E-state index is 12.3. The number of benzene rings is 1. The van der Waals surface area contributed by atoms with Crippen LogP contribution in [0.5, 0.6) is 0 Å². The van der Waals surface area contributed by atoms with Crippen molar-refractivity contribution in [2.45, 2.75) is 32.4 Å². The average molecular weight is 401 g/mol. The van der Waals surface area contributed by atoms with E-state index in [0.29, 0.717) is 6.42 Å². The summed E-state index contributed by atoms with van der Waals surface area (Å²) in [4.78, 5) is 21.0. The molecule has 0 radical (unpaired) electrons. The van der Waals surface area contributed by atoms with Gasteiger partial charge in [0.15, 0.2) is 0 Å². The highest BCUT2D eigenvalue weighted by Crippen LogP contribution is 2.20. The van der Waals surface area contributed by atoms with Crippen LogP contribution in [0.4, 0.5) is 0 Å². The van der Waals surface area contributed by atoms with Gasteiger partial charge in [-0.05, 0) is 31.9 Å². The molecule has 0 saturated heterocycles. The van der Waals surface area contributed by atoms with Crippen LogP contribution in [-0.2, 0) is 11.2 Å². The summed E-state index contributed by atoms with van der Waals surface area (Å²) in [6.45, 7) is 3.92. The predicted molar refractivity (Wildman–Crippen MR) is 108 cm³/mol. The second-order valence-electron chi connectivity index (χ2n) is 5.71. The highest BCUT2D eigenvalue weighted by molar-refractivity contribution is 7.11. The minimum atomic E-state index is -0.585.